The second-order valence-electron chi connectivity index (χ2n) is 5.68. The molecule has 0 N–H and O–H groups in total. The van der Waals surface area contributed by atoms with Gasteiger partial charge in [-0.05, 0) is 43.3 Å². The fourth-order valence-corrected chi connectivity index (χ4v) is 3.34. The van der Waals surface area contributed by atoms with Gasteiger partial charge >= 0.3 is 0 Å². The van der Waals surface area contributed by atoms with Crippen molar-refractivity contribution < 1.29 is 13.9 Å². The number of rotatable bonds is 6. The van der Waals surface area contributed by atoms with Gasteiger partial charge in [-0.25, -0.2) is 9.37 Å². The van der Waals surface area contributed by atoms with Crippen molar-refractivity contribution in [1.29, 1.82) is 0 Å². The van der Waals surface area contributed by atoms with Gasteiger partial charge in [-0.3, -0.25) is 9.78 Å². The van der Waals surface area contributed by atoms with Gasteiger partial charge < -0.3 is 9.64 Å². The molecule has 0 aliphatic carbocycles. The van der Waals surface area contributed by atoms with Gasteiger partial charge in [0.15, 0.2) is 0 Å². The average Bonchev–Trinajstić information content (AvgIpc) is 3.05. The summed E-state index contributed by atoms with van der Waals surface area (Å²) >= 11 is 1.33. The first kappa shape index (κ1) is 18.0. The lowest BCUT2D eigenvalue weighted by Gasteiger charge is -2.16. The number of carbonyl (C=O) groups excluding carboxylic acids is 1. The van der Waals surface area contributed by atoms with Gasteiger partial charge in [0.2, 0.25) is 0 Å². The van der Waals surface area contributed by atoms with Gasteiger partial charge in [0.05, 0.1) is 17.9 Å². The SMILES string of the molecule is Cc1nc(-c2ccccn2)sc1C(=O)N(C)CCOc1ccc(F)cc1. The Bertz CT molecular complexity index is 882. The number of likely N-dealkylation sites (N-methyl/N-ethyl adjacent to an activating group) is 1. The zero-order chi connectivity index (χ0) is 18.5. The van der Waals surface area contributed by atoms with Crippen LogP contribution in [0.25, 0.3) is 10.7 Å². The molecule has 0 fully saturated rings. The van der Waals surface area contributed by atoms with E-state index in [2.05, 4.69) is 9.97 Å². The summed E-state index contributed by atoms with van der Waals surface area (Å²) < 4.78 is 18.4. The summed E-state index contributed by atoms with van der Waals surface area (Å²) in [4.78, 5) is 23.6. The summed E-state index contributed by atoms with van der Waals surface area (Å²) in [5, 5.41) is 0.724. The van der Waals surface area contributed by atoms with Gasteiger partial charge in [0, 0.05) is 13.2 Å². The maximum atomic E-state index is 12.9. The molecule has 0 saturated heterocycles. The van der Waals surface area contributed by atoms with Crippen LogP contribution in [0, 0.1) is 12.7 Å². The molecule has 3 rings (SSSR count). The summed E-state index contributed by atoms with van der Waals surface area (Å²) in [6.07, 6.45) is 1.70. The lowest BCUT2D eigenvalue weighted by atomic mass is 10.3. The number of ether oxygens (including phenoxy) is 1. The van der Waals surface area contributed by atoms with Crippen LogP contribution in [0.4, 0.5) is 4.39 Å². The maximum Gasteiger partial charge on any atom is 0.265 e. The Morgan fingerprint density at radius 3 is 2.69 bits per heavy atom. The molecule has 0 aliphatic rings. The number of amides is 1. The lowest BCUT2D eigenvalue weighted by molar-refractivity contribution is 0.0777. The molecular weight excluding hydrogens is 353 g/mol. The average molecular weight is 371 g/mol. The van der Waals surface area contributed by atoms with Crippen molar-refractivity contribution in [3.8, 4) is 16.5 Å². The standard InChI is InChI=1S/C19H18FN3O2S/c1-13-17(26-18(22-13)16-5-3-4-10-21-16)19(24)23(2)11-12-25-15-8-6-14(20)7-9-15/h3-10H,11-12H2,1-2H3. The second-order valence-corrected chi connectivity index (χ2v) is 6.68. The molecule has 3 aromatic rings. The summed E-state index contributed by atoms with van der Waals surface area (Å²) in [6.45, 7) is 2.55. The Labute approximate surface area is 155 Å². The van der Waals surface area contributed by atoms with Gasteiger partial charge in [-0.15, -0.1) is 11.3 Å². The third kappa shape index (κ3) is 4.23. The van der Waals surface area contributed by atoms with Crippen molar-refractivity contribution in [3.63, 3.8) is 0 Å². The molecule has 134 valence electrons. The van der Waals surface area contributed by atoms with Gasteiger partial charge in [0.1, 0.15) is 28.1 Å². The van der Waals surface area contributed by atoms with E-state index in [4.69, 9.17) is 4.74 Å². The molecule has 2 heterocycles. The van der Waals surface area contributed by atoms with Gasteiger partial charge in [-0.1, -0.05) is 6.07 Å². The van der Waals surface area contributed by atoms with Crippen molar-refractivity contribution in [2.24, 2.45) is 0 Å². The van der Waals surface area contributed by atoms with Crippen LogP contribution in [0.2, 0.25) is 0 Å². The topological polar surface area (TPSA) is 55.3 Å². The summed E-state index contributed by atoms with van der Waals surface area (Å²) in [7, 11) is 1.72. The van der Waals surface area contributed by atoms with Crippen LogP contribution in [0.5, 0.6) is 5.75 Å². The highest BCUT2D eigenvalue weighted by atomic mass is 32.1. The number of nitrogens with zero attached hydrogens (tertiary/aromatic N) is 3. The van der Waals surface area contributed by atoms with E-state index in [0.29, 0.717) is 29.5 Å². The molecule has 0 aliphatic heterocycles. The second kappa shape index (κ2) is 8.05. The first-order valence-electron chi connectivity index (χ1n) is 8.07. The van der Waals surface area contributed by atoms with Crippen molar-refractivity contribution in [2.45, 2.75) is 6.92 Å². The van der Waals surface area contributed by atoms with Crippen LogP contribution in [0.15, 0.2) is 48.7 Å². The first-order valence-corrected chi connectivity index (χ1v) is 8.89. The van der Waals surface area contributed by atoms with Crippen molar-refractivity contribution in [3.05, 3.63) is 65.0 Å². The highest BCUT2D eigenvalue weighted by Crippen LogP contribution is 2.27. The molecule has 0 atom stereocenters. The predicted octanol–water partition coefficient (Wildman–Crippen LogP) is 3.80. The third-order valence-corrected chi connectivity index (χ3v) is 4.90. The molecule has 0 radical (unpaired) electrons. The van der Waals surface area contributed by atoms with Crippen molar-refractivity contribution >= 4 is 17.2 Å². The number of benzene rings is 1. The number of carbonyl (C=O) groups is 1. The molecule has 7 heteroatoms. The number of aryl methyl sites for hydroxylation is 1. The van der Waals surface area contributed by atoms with E-state index < -0.39 is 0 Å². The van der Waals surface area contributed by atoms with E-state index in [0.717, 1.165) is 10.7 Å². The maximum absolute atomic E-state index is 12.9. The van der Waals surface area contributed by atoms with Crippen LogP contribution in [0.3, 0.4) is 0 Å². The van der Waals surface area contributed by atoms with E-state index in [-0.39, 0.29) is 11.7 Å². The van der Waals surface area contributed by atoms with Crippen LogP contribution < -0.4 is 4.74 Å². The minimum atomic E-state index is -0.311. The minimum absolute atomic E-state index is 0.107. The minimum Gasteiger partial charge on any atom is -0.492 e. The highest BCUT2D eigenvalue weighted by Gasteiger charge is 2.20. The van der Waals surface area contributed by atoms with E-state index in [1.807, 2.05) is 25.1 Å². The fourth-order valence-electron chi connectivity index (χ4n) is 2.30. The van der Waals surface area contributed by atoms with E-state index >= 15 is 0 Å². The fraction of sp³-hybridized carbons (Fsp3) is 0.211. The molecule has 0 spiro atoms. The Hall–Kier alpha value is -2.80. The molecule has 0 saturated carbocycles. The highest BCUT2D eigenvalue weighted by molar-refractivity contribution is 7.17. The number of aromatic nitrogens is 2. The molecule has 1 aromatic carbocycles. The number of halogens is 1. The van der Waals surface area contributed by atoms with E-state index in [9.17, 15) is 9.18 Å². The smallest absolute Gasteiger partial charge is 0.265 e. The van der Waals surface area contributed by atoms with Crippen LogP contribution in [-0.2, 0) is 0 Å². The van der Waals surface area contributed by atoms with Crippen LogP contribution in [-0.4, -0.2) is 41.0 Å². The van der Waals surface area contributed by atoms with Crippen LogP contribution in [0.1, 0.15) is 15.4 Å². The van der Waals surface area contributed by atoms with Gasteiger partial charge in [0.25, 0.3) is 5.91 Å². The zero-order valence-electron chi connectivity index (χ0n) is 14.5. The monoisotopic (exact) mass is 371 g/mol. The van der Waals surface area contributed by atoms with Gasteiger partial charge in [-0.2, -0.15) is 0 Å². The quantitative estimate of drug-likeness (QED) is 0.661. The Morgan fingerprint density at radius 2 is 2.00 bits per heavy atom. The number of hydrogen-bond donors (Lipinski definition) is 0. The van der Waals surface area contributed by atoms with E-state index in [1.165, 1.54) is 23.5 Å². The Balaban J connectivity index is 1.61. The normalized spacial score (nSPS) is 10.6. The molecule has 0 unspecified atom stereocenters. The molecule has 5 nitrogen and oxygen atoms in total. The number of thiazole rings is 1. The molecule has 1 amide bonds. The zero-order valence-corrected chi connectivity index (χ0v) is 15.3. The predicted molar refractivity (Wildman–Crippen MR) is 98.9 cm³/mol. The molecular formula is C19H18FN3O2S. The van der Waals surface area contributed by atoms with E-state index in [1.54, 1.807) is 30.3 Å². The van der Waals surface area contributed by atoms with Crippen LogP contribution >= 0.6 is 11.3 Å². The summed E-state index contributed by atoms with van der Waals surface area (Å²) in [5.41, 5.74) is 1.44. The number of pyridine rings is 1. The molecule has 26 heavy (non-hydrogen) atoms. The Kier molecular flexibility index (Phi) is 5.58. The molecule has 2 aromatic heterocycles. The van der Waals surface area contributed by atoms with Crippen molar-refractivity contribution in [2.75, 3.05) is 20.2 Å². The lowest BCUT2D eigenvalue weighted by Crippen LogP contribution is -2.30. The van der Waals surface area contributed by atoms with Crippen molar-refractivity contribution in [1.82, 2.24) is 14.9 Å². The first-order chi connectivity index (χ1) is 12.5. The molecule has 0 bridgehead atoms. The summed E-state index contributed by atoms with van der Waals surface area (Å²) in [6, 6.07) is 11.4. The third-order valence-electron chi connectivity index (χ3n) is 3.73. The summed E-state index contributed by atoms with van der Waals surface area (Å²) in [5.74, 6) is 0.151. The number of hydrogen-bond acceptors (Lipinski definition) is 5. The Morgan fingerprint density at radius 1 is 1.23 bits per heavy atom. The largest absolute Gasteiger partial charge is 0.492 e.